The molecule has 1 atom stereocenters. The number of aromatic amines is 1. The van der Waals surface area contributed by atoms with Gasteiger partial charge in [-0.2, -0.15) is 22.6 Å². The molecule has 1 fully saturated rings. The maximum absolute atomic E-state index is 13.1. The summed E-state index contributed by atoms with van der Waals surface area (Å²) in [6.07, 6.45) is -1.22. The Morgan fingerprint density at radius 3 is 2.62 bits per heavy atom. The van der Waals surface area contributed by atoms with E-state index in [1.807, 2.05) is 49.5 Å². The number of carboxylic acid groups (broad SMARTS) is 1. The second kappa shape index (κ2) is 17.5. The molecular weight excluding hydrogens is 819 g/mol. The second-order valence-corrected chi connectivity index (χ2v) is 15.8. The number of benzene rings is 3. The lowest BCUT2D eigenvalue weighted by atomic mass is 9.92. The number of hydrogen-bond donors (Lipinski definition) is 2. The standard InChI is InChI=1S/C43H41ClF3N7O5S/c1-26-30(10-11-33(38(26)44)57-21-20-53-18-16-52(2)17-19-53)36-37-35(23-49-40(36)31-8-5-7-27-12-14-48-39(27)31)60-51-41(37)59-34(42(55)56)22-28-6-3-4-9-32(28)58-24-29-13-15-50-54(29)25-43(45,46)47/h3-15,23,34,48H,16-22,24-25H2,1-2H3,(H,55,56). The third kappa shape index (κ3) is 8.92. The fourth-order valence-electron chi connectivity index (χ4n) is 7.41. The van der Waals surface area contributed by atoms with Crippen LogP contribution in [0.15, 0.2) is 85.3 Å². The maximum Gasteiger partial charge on any atom is 0.408 e. The van der Waals surface area contributed by atoms with E-state index in [-0.39, 0.29) is 30.4 Å². The molecule has 17 heteroatoms. The first-order chi connectivity index (χ1) is 28.9. The third-order valence-corrected chi connectivity index (χ3v) is 11.9. The predicted molar refractivity (Wildman–Crippen MR) is 224 cm³/mol. The van der Waals surface area contributed by atoms with Crippen molar-refractivity contribution in [1.29, 1.82) is 0 Å². The summed E-state index contributed by atoms with van der Waals surface area (Å²) in [6.45, 7) is 5.63. The quantitative estimate of drug-likeness (QED) is 0.104. The van der Waals surface area contributed by atoms with Gasteiger partial charge in [-0.15, -0.1) is 0 Å². The van der Waals surface area contributed by atoms with Gasteiger partial charge >= 0.3 is 12.1 Å². The number of carboxylic acids is 1. The lowest BCUT2D eigenvalue weighted by Crippen LogP contribution is -2.45. The Bertz CT molecular complexity index is 2640. The molecule has 5 heterocycles. The van der Waals surface area contributed by atoms with E-state index in [4.69, 9.17) is 30.8 Å². The van der Waals surface area contributed by atoms with Gasteiger partial charge in [-0.3, -0.25) is 14.6 Å². The largest absolute Gasteiger partial charge is 0.491 e. The summed E-state index contributed by atoms with van der Waals surface area (Å²) in [5.74, 6) is -0.315. The van der Waals surface area contributed by atoms with Gasteiger partial charge in [0.2, 0.25) is 12.0 Å². The zero-order valence-corrected chi connectivity index (χ0v) is 34.3. The number of halogens is 4. The molecule has 7 aromatic rings. The van der Waals surface area contributed by atoms with Crippen LogP contribution in [0.4, 0.5) is 13.2 Å². The Labute approximate surface area is 352 Å². The number of aromatic nitrogens is 5. The second-order valence-electron chi connectivity index (χ2n) is 14.6. The zero-order valence-electron chi connectivity index (χ0n) is 32.7. The summed E-state index contributed by atoms with van der Waals surface area (Å²) in [7, 11) is 2.12. The first-order valence-electron chi connectivity index (χ1n) is 19.3. The van der Waals surface area contributed by atoms with E-state index >= 15 is 0 Å². The molecule has 3 aromatic carbocycles. The lowest BCUT2D eigenvalue weighted by Gasteiger charge is -2.32. The zero-order chi connectivity index (χ0) is 42.0. The Kier molecular flexibility index (Phi) is 12.0. The van der Waals surface area contributed by atoms with Gasteiger partial charge in [0.05, 0.1) is 32.0 Å². The van der Waals surface area contributed by atoms with Crippen LogP contribution in [0.3, 0.4) is 0 Å². The number of likely N-dealkylation sites (N-methyl/N-ethyl adjacent to an activating group) is 1. The maximum atomic E-state index is 13.1. The molecule has 1 aliphatic rings. The minimum absolute atomic E-state index is 0.0946. The SMILES string of the molecule is Cc1c(-c2c(-c3cccc4cc[nH]c34)ncc3snc(OC(Cc4ccccc4OCc4ccnn4CC(F)(F)F)C(=O)O)c23)ccc(OCCN2CCN(C)CC2)c1Cl. The van der Waals surface area contributed by atoms with Crippen molar-refractivity contribution in [3.63, 3.8) is 0 Å². The molecule has 60 heavy (non-hydrogen) atoms. The van der Waals surface area contributed by atoms with E-state index in [1.54, 1.807) is 30.5 Å². The van der Waals surface area contributed by atoms with Crippen LogP contribution in [0.5, 0.6) is 17.4 Å². The summed E-state index contributed by atoms with van der Waals surface area (Å²) in [5, 5.41) is 16.3. The van der Waals surface area contributed by atoms with Crippen LogP contribution in [-0.2, 0) is 24.4 Å². The fourth-order valence-corrected chi connectivity index (χ4v) is 8.33. The molecule has 4 aromatic heterocycles. The van der Waals surface area contributed by atoms with E-state index in [0.717, 1.165) is 76.5 Å². The number of H-pyrrole nitrogens is 1. The number of para-hydroxylation sites is 2. The number of hydrogen-bond acceptors (Lipinski definition) is 10. The summed E-state index contributed by atoms with van der Waals surface area (Å²) < 4.78 is 64.1. The van der Waals surface area contributed by atoms with Crippen LogP contribution in [0.25, 0.3) is 43.4 Å². The van der Waals surface area contributed by atoms with E-state index in [1.165, 1.54) is 12.3 Å². The van der Waals surface area contributed by atoms with Gasteiger partial charge < -0.3 is 29.2 Å². The van der Waals surface area contributed by atoms with Crippen molar-refractivity contribution >= 4 is 50.1 Å². The van der Waals surface area contributed by atoms with Crippen molar-refractivity contribution in [2.75, 3.05) is 46.4 Å². The highest BCUT2D eigenvalue weighted by Crippen LogP contribution is 2.47. The van der Waals surface area contributed by atoms with Gasteiger partial charge in [-0.05, 0) is 66.5 Å². The number of nitrogens with zero attached hydrogens (tertiary/aromatic N) is 6. The Balaban J connectivity index is 1.13. The van der Waals surface area contributed by atoms with Crippen LogP contribution in [0.2, 0.25) is 5.02 Å². The highest BCUT2D eigenvalue weighted by Gasteiger charge is 2.31. The molecule has 1 unspecified atom stereocenters. The minimum atomic E-state index is -4.47. The normalized spacial score (nSPS) is 14.5. The number of rotatable bonds is 15. The highest BCUT2D eigenvalue weighted by molar-refractivity contribution is 7.13. The van der Waals surface area contributed by atoms with Crippen LogP contribution < -0.4 is 14.2 Å². The van der Waals surface area contributed by atoms with E-state index in [9.17, 15) is 23.1 Å². The van der Waals surface area contributed by atoms with Crippen molar-refractivity contribution < 1.29 is 37.3 Å². The number of piperazine rings is 1. The summed E-state index contributed by atoms with van der Waals surface area (Å²) in [4.78, 5) is 25.9. The molecule has 312 valence electrons. The fraction of sp³-hybridized carbons (Fsp3) is 0.302. The molecule has 0 saturated carbocycles. The van der Waals surface area contributed by atoms with E-state index in [2.05, 4.69) is 31.3 Å². The molecule has 1 saturated heterocycles. The first-order valence-corrected chi connectivity index (χ1v) is 20.4. The van der Waals surface area contributed by atoms with Crippen molar-refractivity contribution in [2.45, 2.75) is 38.8 Å². The molecule has 0 bridgehead atoms. The van der Waals surface area contributed by atoms with Gasteiger partial charge in [-0.25, -0.2) is 4.79 Å². The van der Waals surface area contributed by atoms with Crippen molar-refractivity contribution in [3.8, 4) is 39.8 Å². The Morgan fingerprint density at radius 2 is 1.82 bits per heavy atom. The van der Waals surface area contributed by atoms with Gasteiger partial charge in [-0.1, -0.05) is 54.1 Å². The van der Waals surface area contributed by atoms with Gasteiger partial charge in [0.25, 0.3) is 0 Å². The van der Waals surface area contributed by atoms with Gasteiger partial charge in [0.1, 0.15) is 31.3 Å². The number of pyridine rings is 1. The molecule has 0 radical (unpaired) electrons. The molecule has 0 aliphatic carbocycles. The highest BCUT2D eigenvalue weighted by atomic mass is 35.5. The topological polar surface area (TPSA) is 131 Å². The molecule has 0 spiro atoms. The van der Waals surface area contributed by atoms with Crippen LogP contribution in [-0.4, -0.2) is 104 Å². The number of ether oxygens (including phenoxy) is 3. The van der Waals surface area contributed by atoms with Crippen molar-refractivity contribution in [2.24, 2.45) is 0 Å². The summed E-state index contributed by atoms with van der Waals surface area (Å²) >= 11 is 8.22. The number of nitrogens with one attached hydrogen (secondary N) is 1. The average Bonchev–Trinajstić information content (AvgIpc) is 3.99. The smallest absolute Gasteiger partial charge is 0.408 e. The summed E-state index contributed by atoms with van der Waals surface area (Å²) in [6, 6.07) is 19.8. The van der Waals surface area contributed by atoms with Crippen LogP contribution in [0.1, 0.15) is 16.8 Å². The molecule has 2 N–H and O–H groups in total. The van der Waals surface area contributed by atoms with Crippen molar-refractivity contribution in [3.05, 3.63) is 107 Å². The predicted octanol–water partition coefficient (Wildman–Crippen LogP) is 8.51. The number of fused-ring (bicyclic) bond motifs is 2. The van der Waals surface area contributed by atoms with E-state index in [0.29, 0.717) is 44.3 Å². The molecule has 12 nitrogen and oxygen atoms in total. The number of aliphatic carboxylic acids is 1. The first kappa shape index (κ1) is 41.1. The minimum Gasteiger partial charge on any atom is -0.491 e. The van der Waals surface area contributed by atoms with E-state index < -0.39 is 24.8 Å². The monoisotopic (exact) mass is 859 g/mol. The van der Waals surface area contributed by atoms with Crippen molar-refractivity contribution in [1.82, 2.24) is 33.9 Å². The summed E-state index contributed by atoms with van der Waals surface area (Å²) in [5.41, 5.74) is 5.09. The van der Waals surface area contributed by atoms with Crippen LogP contribution in [0, 0.1) is 6.92 Å². The number of alkyl halides is 3. The molecule has 0 amide bonds. The molecule has 1 aliphatic heterocycles. The molecular formula is C43H41ClF3N7O5S. The number of carbonyl (C=O) groups is 1. The average molecular weight is 860 g/mol. The molecule has 8 rings (SSSR count). The van der Waals surface area contributed by atoms with Gasteiger partial charge in [0, 0.05) is 74.2 Å². The Morgan fingerprint density at radius 1 is 1.00 bits per heavy atom. The lowest BCUT2D eigenvalue weighted by molar-refractivity contribution is -0.145. The third-order valence-electron chi connectivity index (χ3n) is 10.6. The van der Waals surface area contributed by atoms with Crippen LogP contribution >= 0.6 is 23.1 Å². The Hall–Kier alpha value is -5.68. The van der Waals surface area contributed by atoms with Gasteiger partial charge in [0.15, 0.2) is 0 Å².